The lowest BCUT2D eigenvalue weighted by Gasteiger charge is -2.09. The number of aromatic nitrogens is 1. The number of nitrogens with zero attached hydrogens (tertiary/aromatic N) is 1. The molecule has 0 fully saturated rings. The summed E-state index contributed by atoms with van der Waals surface area (Å²) >= 11 is 14.3. The van der Waals surface area contributed by atoms with Crippen molar-refractivity contribution in [1.29, 1.82) is 0 Å². The van der Waals surface area contributed by atoms with Crippen molar-refractivity contribution in [2.45, 2.75) is 0 Å². The summed E-state index contributed by atoms with van der Waals surface area (Å²) in [6, 6.07) is 38.1. The highest BCUT2D eigenvalue weighted by Gasteiger charge is 2.09. The van der Waals surface area contributed by atoms with E-state index in [-0.39, 0.29) is 0 Å². The minimum Gasteiger partial charge on any atom is -0.256 e. The summed E-state index contributed by atoms with van der Waals surface area (Å²) in [6.07, 6.45) is 1.97. The van der Waals surface area contributed by atoms with Crippen LogP contribution in [0, 0.1) is 0 Å². The normalized spacial score (nSPS) is 11.5. The SMILES string of the molecule is Clc1cc(Cl)cc(-c2ccc3cc(-c4ccc(-c5ccc6sc7ccccc7c6c5)nc4)ccc3c2)c1. The van der Waals surface area contributed by atoms with Crippen molar-refractivity contribution in [3.8, 4) is 33.5 Å². The molecule has 0 amide bonds. The van der Waals surface area contributed by atoms with E-state index in [0.717, 1.165) is 33.5 Å². The van der Waals surface area contributed by atoms with E-state index in [2.05, 4.69) is 91.0 Å². The van der Waals surface area contributed by atoms with Crippen molar-refractivity contribution in [2.24, 2.45) is 0 Å². The maximum absolute atomic E-state index is 6.21. The number of hydrogen-bond donors (Lipinski definition) is 0. The summed E-state index contributed by atoms with van der Waals surface area (Å²) in [4.78, 5) is 4.83. The van der Waals surface area contributed by atoms with Gasteiger partial charge in [0.1, 0.15) is 0 Å². The van der Waals surface area contributed by atoms with Crippen molar-refractivity contribution in [1.82, 2.24) is 4.98 Å². The van der Waals surface area contributed by atoms with E-state index in [1.54, 1.807) is 6.07 Å². The second-order valence-electron chi connectivity index (χ2n) is 9.18. The molecule has 0 bridgehead atoms. The maximum Gasteiger partial charge on any atom is 0.0702 e. The van der Waals surface area contributed by atoms with Crippen LogP contribution in [0.25, 0.3) is 64.5 Å². The molecule has 0 N–H and O–H groups in total. The van der Waals surface area contributed by atoms with Gasteiger partial charge in [0.2, 0.25) is 0 Å². The van der Waals surface area contributed by atoms with Gasteiger partial charge in [-0.2, -0.15) is 0 Å². The molecular weight excluding hydrogens is 513 g/mol. The fourth-order valence-corrected chi connectivity index (χ4v) is 6.56. The fraction of sp³-hybridized carbons (Fsp3) is 0. The Morgan fingerprint density at radius 2 is 1.14 bits per heavy atom. The lowest BCUT2D eigenvalue weighted by molar-refractivity contribution is 1.33. The number of halogens is 2. The minimum atomic E-state index is 0.637. The summed E-state index contributed by atoms with van der Waals surface area (Å²) in [5.41, 5.74) is 6.45. The molecule has 176 valence electrons. The molecule has 2 aromatic heterocycles. The molecule has 7 rings (SSSR count). The van der Waals surface area contributed by atoms with Crippen LogP contribution in [0.2, 0.25) is 10.0 Å². The van der Waals surface area contributed by atoms with Crippen molar-refractivity contribution >= 4 is 65.5 Å². The number of rotatable bonds is 3. The molecule has 5 aromatic carbocycles. The first-order valence-electron chi connectivity index (χ1n) is 12.0. The molecule has 0 saturated carbocycles. The predicted molar refractivity (Wildman–Crippen MR) is 161 cm³/mol. The van der Waals surface area contributed by atoms with Gasteiger partial charge in [0.15, 0.2) is 0 Å². The molecule has 0 spiro atoms. The van der Waals surface area contributed by atoms with Crippen molar-refractivity contribution < 1.29 is 0 Å². The molecule has 0 aliphatic heterocycles. The van der Waals surface area contributed by atoms with Gasteiger partial charge in [0.25, 0.3) is 0 Å². The molecule has 0 unspecified atom stereocenters. The number of hydrogen-bond acceptors (Lipinski definition) is 2. The Morgan fingerprint density at radius 3 is 1.86 bits per heavy atom. The molecule has 7 aromatic rings. The lowest BCUT2D eigenvalue weighted by atomic mass is 9.98. The van der Waals surface area contributed by atoms with Crippen molar-refractivity contribution in [3.05, 3.63) is 125 Å². The molecule has 0 aliphatic carbocycles. The standard InChI is InChI=1S/C33H19Cl2NS/c34-27-15-26(16-28(35)18-27)23-8-6-20-13-22(7-5-21(20)14-23)25-9-11-31(36-19-25)24-10-12-33-30(17-24)29-3-1-2-4-32(29)37-33/h1-19H. The van der Waals surface area contributed by atoms with Gasteiger partial charge in [-0.3, -0.25) is 4.98 Å². The minimum absolute atomic E-state index is 0.637. The van der Waals surface area contributed by atoms with E-state index in [4.69, 9.17) is 28.2 Å². The molecule has 0 atom stereocenters. The number of fused-ring (bicyclic) bond motifs is 4. The molecule has 2 heterocycles. The topological polar surface area (TPSA) is 12.9 Å². The van der Waals surface area contributed by atoms with Gasteiger partial charge in [-0.05, 0) is 82.1 Å². The molecular formula is C33H19Cl2NS. The lowest BCUT2D eigenvalue weighted by Crippen LogP contribution is -1.86. The van der Waals surface area contributed by atoms with Gasteiger partial charge >= 0.3 is 0 Å². The summed E-state index contributed by atoms with van der Waals surface area (Å²) in [6.45, 7) is 0. The Balaban J connectivity index is 1.21. The van der Waals surface area contributed by atoms with Crippen molar-refractivity contribution in [3.63, 3.8) is 0 Å². The second kappa shape index (κ2) is 9.00. The van der Waals surface area contributed by atoms with Gasteiger partial charge in [0.05, 0.1) is 5.69 Å². The van der Waals surface area contributed by atoms with Gasteiger partial charge in [-0.15, -0.1) is 11.3 Å². The van der Waals surface area contributed by atoms with Crippen LogP contribution >= 0.6 is 34.5 Å². The zero-order valence-corrected chi connectivity index (χ0v) is 21.9. The van der Waals surface area contributed by atoms with Crippen LogP contribution in [-0.4, -0.2) is 4.98 Å². The van der Waals surface area contributed by atoms with E-state index >= 15 is 0 Å². The van der Waals surface area contributed by atoms with E-state index in [1.807, 2.05) is 29.7 Å². The first kappa shape index (κ1) is 22.5. The van der Waals surface area contributed by atoms with Crippen LogP contribution in [0.1, 0.15) is 0 Å². The van der Waals surface area contributed by atoms with Gasteiger partial charge < -0.3 is 0 Å². The molecule has 0 aliphatic rings. The van der Waals surface area contributed by atoms with Crippen LogP contribution in [0.4, 0.5) is 0 Å². The highest BCUT2D eigenvalue weighted by atomic mass is 35.5. The quantitative estimate of drug-likeness (QED) is 0.221. The van der Waals surface area contributed by atoms with E-state index in [9.17, 15) is 0 Å². The van der Waals surface area contributed by atoms with E-state index in [0.29, 0.717) is 10.0 Å². The van der Waals surface area contributed by atoms with Gasteiger partial charge in [-0.1, -0.05) is 77.8 Å². The van der Waals surface area contributed by atoms with Crippen LogP contribution in [0.5, 0.6) is 0 Å². The molecule has 0 saturated heterocycles. The average molecular weight is 532 g/mol. The van der Waals surface area contributed by atoms with Crippen molar-refractivity contribution in [2.75, 3.05) is 0 Å². The number of pyridine rings is 1. The number of thiophene rings is 1. The maximum atomic E-state index is 6.21. The Hall–Kier alpha value is -3.69. The molecule has 1 nitrogen and oxygen atoms in total. The summed E-state index contributed by atoms with van der Waals surface area (Å²) in [5, 5.41) is 6.21. The van der Waals surface area contributed by atoms with Crippen LogP contribution in [0.15, 0.2) is 115 Å². The fourth-order valence-electron chi connectivity index (χ4n) is 4.95. The average Bonchev–Trinajstić information content (AvgIpc) is 3.30. The second-order valence-corrected chi connectivity index (χ2v) is 11.1. The summed E-state index contributed by atoms with van der Waals surface area (Å²) < 4.78 is 2.62. The predicted octanol–water partition coefficient (Wildman–Crippen LogP) is 10.9. The summed E-state index contributed by atoms with van der Waals surface area (Å²) in [7, 11) is 0. The summed E-state index contributed by atoms with van der Waals surface area (Å²) in [5.74, 6) is 0. The largest absolute Gasteiger partial charge is 0.256 e. The molecule has 4 heteroatoms. The Kier molecular flexibility index (Phi) is 5.48. The Morgan fingerprint density at radius 1 is 0.486 bits per heavy atom. The third kappa shape index (κ3) is 4.18. The monoisotopic (exact) mass is 531 g/mol. The highest BCUT2D eigenvalue weighted by molar-refractivity contribution is 7.25. The zero-order valence-electron chi connectivity index (χ0n) is 19.6. The first-order valence-corrected chi connectivity index (χ1v) is 13.6. The third-order valence-electron chi connectivity index (χ3n) is 6.81. The van der Waals surface area contributed by atoms with Crippen LogP contribution in [-0.2, 0) is 0 Å². The van der Waals surface area contributed by atoms with E-state index in [1.165, 1.54) is 30.9 Å². The highest BCUT2D eigenvalue weighted by Crippen LogP contribution is 2.36. The third-order valence-corrected chi connectivity index (χ3v) is 8.39. The molecule has 0 radical (unpaired) electrons. The van der Waals surface area contributed by atoms with Gasteiger partial charge in [-0.25, -0.2) is 0 Å². The molecule has 37 heavy (non-hydrogen) atoms. The van der Waals surface area contributed by atoms with E-state index < -0.39 is 0 Å². The first-order chi connectivity index (χ1) is 18.1. The van der Waals surface area contributed by atoms with Crippen LogP contribution in [0.3, 0.4) is 0 Å². The van der Waals surface area contributed by atoms with Gasteiger partial charge in [0, 0.05) is 47.5 Å². The zero-order chi connectivity index (χ0) is 24.9. The smallest absolute Gasteiger partial charge is 0.0702 e. The Labute approximate surface area is 228 Å². The van der Waals surface area contributed by atoms with Crippen LogP contribution < -0.4 is 0 Å². The Bertz CT molecular complexity index is 1930. The number of benzene rings is 5.